The Kier molecular flexibility index (Phi) is 5.22. The van der Waals surface area contributed by atoms with E-state index in [-0.39, 0.29) is 17.9 Å². The van der Waals surface area contributed by atoms with E-state index >= 15 is 0 Å². The smallest absolute Gasteiger partial charge is 0.245 e. The first-order valence-corrected chi connectivity index (χ1v) is 7.94. The SMILES string of the molecule is CCCC(C)(N)C(=O)N1CCCC1C(=O)N1CCOCC1. The fourth-order valence-electron chi connectivity index (χ4n) is 3.22. The number of likely N-dealkylation sites (tertiary alicyclic amines) is 1. The van der Waals surface area contributed by atoms with E-state index in [1.165, 1.54) is 0 Å². The van der Waals surface area contributed by atoms with Gasteiger partial charge in [0.25, 0.3) is 0 Å². The number of morpholine rings is 1. The van der Waals surface area contributed by atoms with Crippen LogP contribution in [0.2, 0.25) is 0 Å². The van der Waals surface area contributed by atoms with E-state index in [2.05, 4.69) is 0 Å². The van der Waals surface area contributed by atoms with E-state index in [4.69, 9.17) is 10.5 Å². The molecule has 2 rings (SSSR count). The van der Waals surface area contributed by atoms with E-state index in [1.54, 1.807) is 11.8 Å². The van der Waals surface area contributed by atoms with Gasteiger partial charge in [-0.1, -0.05) is 13.3 Å². The minimum atomic E-state index is -0.872. The highest BCUT2D eigenvalue weighted by molar-refractivity contribution is 5.92. The van der Waals surface area contributed by atoms with Crippen LogP contribution in [0.1, 0.15) is 39.5 Å². The van der Waals surface area contributed by atoms with Gasteiger partial charge in [-0.3, -0.25) is 9.59 Å². The van der Waals surface area contributed by atoms with E-state index < -0.39 is 5.54 Å². The molecule has 6 heteroatoms. The number of hydrogen-bond donors (Lipinski definition) is 1. The molecule has 21 heavy (non-hydrogen) atoms. The van der Waals surface area contributed by atoms with Crippen molar-refractivity contribution in [2.75, 3.05) is 32.8 Å². The molecule has 0 aromatic heterocycles. The fraction of sp³-hybridized carbons (Fsp3) is 0.867. The molecule has 2 unspecified atom stereocenters. The Hall–Kier alpha value is -1.14. The lowest BCUT2D eigenvalue weighted by Crippen LogP contribution is -2.58. The van der Waals surface area contributed by atoms with Gasteiger partial charge in [-0.25, -0.2) is 0 Å². The molecule has 2 aliphatic heterocycles. The maximum atomic E-state index is 12.7. The predicted octanol–water partition coefficient (Wildman–Crippen LogP) is 0.354. The zero-order valence-electron chi connectivity index (χ0n) is 13.1. The largest absolute Gasteiger partial charge is 0.378 e. The van der Waals surface area contributed by atoms with Gasteiger partial charge in [0.1, 0.15) is 6.04 Å². The maximum absolute atomic E-state index is 12.7. The van der Waals surface area contributed by atoms with Gasteiger partial charge in [-0.2, -0.15) is 0 Å². The molecular weight excluding hydrogens is 270 g/mol. The summed E-state index contributed by atoms with van der Waals surface area (Å²) in [7, 11) is 0. The predicted molar refractivity (Wildman–Crippen MR) is 79.6 cm³/mol. The Balaban J connectivity index is 2.05. The third-order valence-corrected chi connectivity index (χ3v) is 4.38. The molecule has 2 N–H and O–H groups in total. The van der Waals surface area contributed by atoms with Crippen molar-refractivity contribution in [3.8, 4) is 0 Å². The van der Waals surface area contributed by atoms with E-state index in [9.17, 15) is 9.59 Å². The number of nitrogens with zero attached hydrogens (tertiary/aromatic N) is 2. The van der Waals surface area contributed by atoms with Crippen molar-refractivity contribution < 1.29 is 14.3 Å². The monoisotopic (exact) mass is 297 g/mol. The van der Waals surface area contributed by atoms with Crippen LogP contribution in [-0.2, 0) is 14.3 Å². The molecular formula is C15H27N3O3. The lowest BCUT2D eigenvalue weighted by Gasteiger charge is -2.35. The Morgan fingerprint density at radius 3 is 2.57 bits per heavy atom. The van der Waals surface area contributed by atoms with Gasteiger partial charge >= 0.3 is 0 Å². The molecule has 2 heterocycles. The summed E-state index contributed by atoms with van der Waals surface area (Å²) in [4.78, 5) is 28.8. The summed E-state index contributed by atoms with van der Waals surface area (Å²) < 4.78 is 5.28. The van der Waals surface area contributed by atoms with Gasteiger partial charge in [0.2, 0.25) is 11.8 Å². The summed E-state index contributed by atoms with van der Waals surface area (Å²) in [6.45, 7) is 6.81. The van der Waals surface area contributed by atoms with Gasteiger partial charge < -0.3 is 20.3 Å². The number of ether oxygens (including phenoxy) is 1. The van der Waals surface area contributed by atoms with Crippen molar-refractivity contribution in [2.24, 2.45) is 5.73 Å². The van der Waals surface area contributed by atoms with Crippen LogP contribution in [0.5, 0.6) is 0 Å². The summed E-state index contributed by atoms with van der Waals surface area (Å²) in [6.07, 6.45) is 3.11. The van der Waals surface area contributed by atoms with Gasteiger partial charge in [0.05, 0.1) is 18.8 Å². The lowest BCUT2D eigenvalue weighted by atomic mass is 9.95. The standard InChI is InChI=1S/C15H27N3O3/c1-3-6-15(2,16)14(20)18-7-4-5-12(18)13(19)17-8-10-21-11-9-17/h12H,3-11,16H2,1-2H3. The Morgan fingerprint density at radius 1 is 1.29 bits per heavy atom. The molecule has 2 saturated heterocycles. The third kappa shape index (κ3) is 3.55. The number of carbonyl (C=O) groups is 2. The quantitative estimate of drug-likeness (QED) is 0.812. The highest BCUT2D eigenvalue weighted by atomic mass is 16.5. The van der Waals surface area contributed by atoms with E-state index in [0.717, 1.165) is 19.3 Å². The second-order valence-electron chi connectivity index (χ2n) is 6.26. The molecule has 0 radical (unpaired) electrons. The molecule has 0 saturated carbocycles. The lowest BCUT2D eigenvalue weighted by molar-refractivity contribution is -0.148. The third-order valence-electron chi connectivity index (χ3n) is 4.38. The summed E-state index contributed by atoms with van der Waals surface area (Å²) >= 11 is 0. The zero-order valence-corrected chi connectivity index (χ0v) is 13.1. The van der Waals surface area contributed by atoms with Crippen molar-refractivity contribution in [3.63, 3.8) is 0 Å². The molecule has 2 fully saturated rings. The maximum Gasteiger partial charge on any atom is 0.245 e. The second-order valence-corrected chi connectivity index (χ2v) is 6.26. The van der Waals surface area contributed by atoms with Gasteiger partial charge in [0, 0.05) is 19.6 Å². The molecule has 120 valence electrons. The summed E-state index contributed by atoms with van der Waals surface area (Å²) in [6, 6.07) is -0.338. The average molecular weight is 297 g/mol. The minimum Gasteiger partial charge on any atom is -0.378 e. The molecule has 0 bridgehead atoms. The first-order valence-electron chi connectivity index (χ1n) is 7.94. The Morgan fingerprint density at radius 2 is 1.95 bits per heavy atom. The van der Waals surface area contributed by atoms with E-state index in [0.29, 0.717) is 39.3 Å². The molecule has 0 aliphatic carbocycles. The zero-order chi connectivity index (χ0) is 15.5. The molecule has 6 nitrogen and oxygen atoms in total. The number of rotatable bonds is 4. The fourth-order valence-corrected chi connectivity index (χ4v) is 3.22. The summed E-state index contributed by atoms with van der Waals surface area (Å²) in [5, 5.41) is 0. The van der Waals surface area contributed by atoms with Crippen LogP contribution in [-0.4, -0.2) is 66.0 Å². The topological polar surface area (TPSA) is 75.9 Å². The van der Waals surface area contributed by atoms with Crippen LogP contribution in [0.15, 0.2) is 0 Å². The number of amides is 2. The van der Waals surface area contributed by atoms with Crippen molar-refractivity contribution in [3.05, 3.63) is 0 Å². The second kappa shape index (κ2) is 6.75. The number of nitrogens with two attached hydrogens (primary N) is 1. The van der Waals surface area contributed by atoms with Crippen molar-refractivity contribution in [2.45, 2.75) is 51.1 Å². The van der Waals surface area contributed by atoms with Crippen LogP contribution in [0.3, 0.4) is 0 Å². The molecule has 0 aromatic rings. The van der Waals surface area contributed by atoms with Crippen LogP contribution in [0.4, 0.5) is 0 Å². The van der Waals surface area contributed by atoms with Gasteiger partial charge in [-0.15, -0.1) is 0 Å². The molecule has 2 amide bonds. The molecule has 2 aliphatic rings. The molecule has 0 aromatic carbocycles. The van der Waals surface area contributed by atoms with Crippen LogP contribution < -0.4 is 5.73 Å². The van der Waals surface area contributed by atoms with Crippen molar-refractivity contribution in [1.82, 2.24) is 9.80 Å². The van der Waals surface area contributed by atoms with E-state index in [1.807, 2.05) is 11.8 Å². The Labute approximate surface area is 126 Å². The van der Waals surface area contributed by atoms with Crippen molar-refractivity contribution in [1.29, 1.82) is 0 Å². The highest BCUT2D eigenvalue weighted by Crippen LogP contribution is 2.24. The highest BCUT2D eigenvalue weighted by Gasteiger charge is 2.41. The molecule has 0 spiro atoms. The summed E-state index contributed by atoms with van der Waals surface area (Å²) in [5.41, 5.74) is 5.28. The van der Waals surface area contributed by atoms with Gasteiger partial charge in [-0.05, 0) is 26.2 Å². The van der Waals surface area contributed by atoms with Crippen LogP contribution >= 0.6 is 0 Å². The Bertz CT molecular complexity index is 392. The average Bonchev–Trinajstić information content (AvgIpc) is 2.95. The molecule has 2 atom stereocenters. The summed E-state index contributed by atoms with van der Waals surface area (Å²) in [5.74, 6) is -0.0371. The minimum absolute atomic E-state index is 0.0523. The van der Waals surface area contributed by atoms with Crippen LogP contribution in [0.25, 0.3) is 0 Å². The number of hydrogen-bond acceptors (Lipinski definition) is 4. The van der Waals surface area contributed by atoms with Gasteiger partial charge in [0.15, 0.2) is 0 Å². The first-order chi connectivity index (χ1) is 9.97. The van der Waals surface area contributed by atoms with Crippen LogP contribution in [0, 0.1) is 0 Å². The van der Waals surface area contributed by atoms with Crippen molar-refractivity contribution >= 4 is 11.8 Å². The first kappa shape index (κ1) is 16.2. The normalized spacial score (nSPS) is 25.8. The number of carbonyl (C=O) groups excluding carboxylic acids is 2.